The van der Waals surface area contributed by atoms with Crippen molar-refractivity contribution in [2.45, 2.75) is 44.2 Å². The van der Waals surface area contributed by atoms with E-state index in [-0.39, 0.29) is 25.2 Å². The molecule has 0 bridgehead atoms. The van der Waals surface area contributed by atoms with E-state index in [2.05, 4.69) is 10.6 Å². The quantitative estimate of drug-likeness (QED) is 0.507. The molecule has 1 aliphatic rings. The van der Waals surface area contributed by atoms with Crippen molar-refractivity contribution in [1.29, 1.82) is 0 Å². The van der Waals surface area contributed by atoms with E-state index in [1.165, 1.54) is 0 Å². The second-order valence-electron chi connectivity index (χ2n) is 4.49. The molecular formula is C11H22N2O3. The fourth-order valence-electron chi connectivity index (χ4n) is 2.00. The summed E-state index contributed by atoms with van der Waals surface area (Å²) in [5, 5.41) is 24.7. The van der Waals surface area contributed by atoms with Gasteiger partial charge in [0.1, 0.15) is 0 Å². The van der Waals surface area contributed by atoms with Crippen LogP contribution in [0.3, 0.4) is 0 Å². The maximum Gasteiger partial charge on any atom is 0.221 e. The van der Waals surface area contributed by atoms with Gasteiger partial charge >= 0.3 is 0 Å². The predicted molar refractivity (Wildman–Crippen MR) is 61.0 cm³/mol. The van der Waals surface area contributed by atoms with Crippen molar-refractivity contribution in [3.63, 3.8) is 0 Å². The van der Waals surface area contributed by atoms with Crippen LogP contribution < -0.4 is 10.6 Å². The zero-order valence-corrected chi connectivity index (χ0v) is 9.83. The van der Waals surface area contributed by atoms with E-state index in [1.807, 2.05) is 6.92 Å². The van der Waals surface area contributed by atoms with E-state index in [0.29, 0.717) is 19.4 Å². The van der Waals surface area contributed by atoms with Gasteiger partial charge in [-0.25, -0.2) is 0 Å². The maximum absolute atomic E-state index is 11.4. The number of aliphatic hydroxyl groups is 2. The van der Waals surface area contributed by atoms with Crippen LogP contribution in [0.1, 0.15) is 32.6 Å². The molecular weight excluding hydrogens is 208 g/mol. The molecule has 1 heterocycles. The molecule has 0 aromatic rings. The first-order valence-corrected chi connectivity index (χ1v) is 5.92. The molecule has 0 radical (unpaired) electrons. The van der Waals surface area contributed by atoms with Gasteiger partial charge in [0.05, 0.1) is 18.8 Å². The van der Waals surface area contributed by atoms with Crippen LogP contribution in [0.5, 0.6) is 0 Å². The maximum atomic E-state index is 11.4. The highest BCUT2D eigenvalue weighted by Crippen LogP contribution is 2.14. The first-order valence-electron chi connectivity index (χ1n) is 5.92. The minimum Gasteiger partial charge on any atom is -0.394 e. The van der Waals surface area contributed by atoms with Crippen LogP contribution in [0, 0.1) is 0 Å². The van der Waals surface area contributed by atoms with Gasteiger partial charge in [-0.3, -0.25) is 4.79 Å². The number of amides is 1. The summed E-state index contributed by atoms with van der Waals surface area (Å²) in [5.74, 6) is 0.0379. The van der Waals surface area contributed by atoms with E-state index in [9.17, 15) is 15.0 Å². The van der Waals surface area contributed by atoms with Gasteiger partial charge < -0.3 is 20.8 Å². The number of hydrogen-bond acceptors (Lipinski definition) is 4. The standard InChI is InChI=1S/C11H22N2O3/c1-2-11(7-14,8-15)13-9-4-3-5-12-10(16)6-9/h9,13-15H,2-8H2,1H3,(H,12,16). The summed E-state index contributed by atoms with van der Waals surface area (Å²) in [6.45, 7) is 2.40. The second kappa shape index (κ2) is 6.18. The summed E-state index contributed by atoms with van der Waals surface area (Å²) in [5.41, 5.74) is -0.657. The van der Waals surface area contributed by atoms with E-state index < -0.39 is 5.54 Å². The molecule has 5 heteroatoms. The minimum atomic E-state index is -0.657. The molecule has 1 saturated heterocycles. The van der Waals surface area contributed by atoms with Crippen molar-refractivity contribution >= 4 is 5.91 Å². The molecule has 5 nitrogen and oxygen atoms in total. The number of aliphatic hydroxyl groups excluding tert-OH is 2. The van der Waals surface area contributed by atoms with Gasteiger partial charge in [-0.1, -0.05) is 6.92 Å². The van der Waals surface area contributed by atoms with E-state index >= 15 is 0 Å². The van der Waals surface area contributed by atoms with Gasteiger partial charge in [-0.05, 0) is 19.3 Å². The summed E-state index contributed by atoms with van der Waals surface area (Å²) < 4.78 is 0. The van der Waals surface area contributed by atoms with Gasteiger partial charge in [0, 0.05) is 19.0 Å². The van der Waals surface area contributed by atoms with Crippen molar-refractivity contribution in [3.8, 4) is 0 Å². The van der Waals surface area contributed by atoms with E-state index in [4.69, 9.17) is 0 Å². The summed E-state index contributed by atoms with van der Waals surface area (Å²) in [7, 11) is 0. The summed E-state index contributed by atoms with van der Waals surface area (Å²) in [6, 6.07) is 0.0433. The Morgan fingerprint density at radius 1 is 1.50 bits per heavy atom. The number of nitrogens with one attached hydrogen (secondary N) is 2. The zero-order chi connectivity index (χ0) is 12.0. The fourth-order valence-corrected chi connectivity index (χ4v) is 2.00. The molecule has 1 unspecified atom stereocenters. The second-order valence-corrected chi connectivity index (χ2v) is 4.49. The Hall–Kier alpha value is -0.650. The third kappa shape index (κ3) is 3.43. The first kappa shape index (κ1) is 13.4. The number of rotatable bonds is 5. The molecule has 16 heavy (non-hydrogen) atoms. The molecule has 0 saturated carbocycles. The molecule has 0 spiro atoms. The number of carbonyl (C=O) groups is 1. The lowest BCUT2D eigenvalue weighted by Crippen LogP contribution is -2.55. The van der Waals surface area contributed by atoms with Gasteiger partial charge in [0.2, 0.25) is 5.91 Å². The summed E-state index contributed by atoms with van der Waals surface area (Å²) in [6.07, 6.45) is 2.88. The van der Waals surface area contributed by atoms with Crippen LogP contribution >= 0.6 is 0 Å². The highest BCUT2D eigenvalue weighted by molar-refractivity contribution is 5.76. The van der Waals surface area contributed by atoms with Crippen molar-refractivity contribution < 1.29 is 15.0 Å². The third-order valence-electron chi connectivity index (χ3n) is 3.28. The Morgan fingerprint density at radius 3 is 2.75 bits per heavy atom. The highest BCUT2D eigenvalue weighted by atomic mass is 16.3. The first-order chi connectivity index (χ1) is 7.65. The van der Waals surface area contributed by atoms with E-state index in [1.54, 1.807) is 0 Å². The lowest BCUT2D eigenvalue weighted by molar-refractivity contribution is -0.121. The molecule has 0 aliphatic carbocycles. The van der Waals surface area contributed by atoms with Crippen molar-refractivity contribution in [2.24, 2.45) is 0 Å². The van der Waals surface area contributed by atoms with Gasteiger partial charge in [-0.15, -0.1) is 0 Å². The topological polar surface area (TPSA) is 81.6 Å². The fraction of sp³-hybridized carbons (Fsp3) is 0.909. The van der Waals surface area contributed by atoms with Crippen molar-refractivity contribution in [2.75, 3.05) is 19.8 Å². The molecule has 1 atom stereocenters. The normalized spacial score (nSPS) is 22.7. The lowest BCUT2D eigenvalue weighted by Gasteiger charge is -2.34. The van der Waals surface area contributed by atoms with Crippen molar-refractivity contribution in [1.82, 2.24) is 10.6 Å². The van der Waals surface area contributed by atoms with Crippen LogP contribution in [0.2, 0.25) is 0 Å². The predicted octanol–water partition coefficient (Wildman–Crippen LogP) is -0.622. The van der Waals surface area contributed by atoms with Crippen LogP contribution in [-0.4, -0.2) is 47.5 Å². The molecule has 0 aromatic heterocycles. The lowest BCUT2D eigenvalue weighted by atomic mass is 9.95. The Morgan fingerprint density at radius 2 is 2.19 bits per heavy atom. The molecule has 1 aliphatic heterocycles. The minimum absolute atomic E-state index is 0.0379. The largest absolute Gasteiger partial charge is 0.394 e. The highest BCUT2D eigenvalue weighted by Gasteiger charge is 2.30. The van der Waals surface area contributed by atoms with Gasteiger partial charge in [0.15, 0.2) is 0 Å². The Bertz CT molecular complexity index is 221. The summed E-state index contributed by atoms with van der Waals surface area (Å²) >= 11 is 0. The number of carbonyl (C=O) groups excluding carboxylic acids is 1. The van der Waals surface area contributed by atoms with Crippen LogP contribution in [-0.2, 0) is 4.79 Å². The van der Waals surface area contributed by atoms with Crippen LogP contribution in [0.25, 0.3) is 0 Å². The molecule has 1 rings (SSSR count). The third-order valence-corrected chi connectivity index (χ3v) is 3.28. The Kier molecular flexibility index (Phi) is 5.18. The molecule has 94 valence electrons. The monoisotopic (exact) mass is 230 g/mol. The Balaban J connectivity index is 2.58. The molecule has 1 fully saturated rings. The smallest absolute Gasteiger partial charge is 0.221 e. The van der Waals surface area contributed by atoms with Gasteiger partial charge in [0.25, 0.3) is 0 Å². The Labute approximate surface area is 96.2 Å². The van der Waals surface area contributed by atoms with E-state index in [0.717, 1.165) is 12.8 Å². The number of hydrogen-bond donors (Lipinski definition) is 4. The molecule has 0 aromatic carbocycles. The summed E-state index contributed by atoms with van der Waals surface area (Å²) in [4.78, 5) is 11.4. The molecule has 4 N–H and O–H groups in total. The van der Waals surface area contributed by atoms with Crippen LogP contribution in [0.4, 0.5) is 0 Å². The molecule has 1 amide bonds. The average molecular weight is 230 g/mol. The van der Waals surface area contributed by atoms with Crippen molar-refractivity contribution in [3.05, 3.63) is 0 Å². The SMILES string of the molecule is CCC(CO)(CO)NC1CCCNC(=O)C1. The average Bonchev–Trinajstić information content (AvgIpc) is 2.50. The van der Waals surface area contributed by atoms with Gasteiger partial charge in [-0.2, -0.15) is 0 Å². The van der Waals surface area contributed by atoms with Crippen LogP contribution in [0.15, 0.2) is 0 Å². The zero-order valence-electron chi connectivity index (χ0n) is 9.83.